The number of carbonyl (C=O) groups excluding carboxylic acids is 1. The van der Waals surface area contributed by atoms with E-state index in [9.17, 15) is 23.1 Å². The van der Waals surface area contributed by atoms with Crippen LogP contribution in [0, 0.1) is 0 Å². The van der Waals surface area contributed by atoms with Crippen LogP contribution in [0.25, 0.3) is 0 Å². The number of ether oxygens (including phenoxy) is 1. The van der Waals surface area contributed by atoms with Crippen molar-refractivity contribution in [2.45, 2.75) is 68.7 Å². The molecule has 13 heteroatoms. The number of hydrogen-bond donors (Lipinski definition) is 2. The Morgan fingerprint density at radius 1 is 1.10 bits per heavy atom. The number of hydrogen-bond acceptors (Lipinski definition) is 8. The standard InChI is InChI=1S/C28H32ClF3N6O3/c29-20-11-18(39)12-21(22(20)28(30,31)32)38-10-5-19-23(25(38)40)34-26(41-15-27-6-1-8-37(27)9-2-7-27)35-24(19)36-13-16-3-4-17(14-36)33-16/h11-12,16-17,33,39H,1-10,13-15H2/t16-,17+. The summed E-state index contributed by atoms with van der Waals surface area (Å²) in [6, 6.07) is 2.45. The number of phenols is 1. The summed E-state index contributed by atoms with van der Waals surface area (Å²) >= 11 is 5.94. The number of nitrogens with zero attached hydrogens (tertiary/aromatic N) is 5. The molecule has 5 aliphatic heterocycles. The normalized spacial score (nSPS) is 25.5. The van der Waals surface area contributed by atoms with Crippen molar-refractivity contribution in [3.05, 3.63) is 34.0 Å². The number of amides is 1. The number of anilines is 2. The monoisotopic (exact) mass is 592 g/mol. The Kier molecular flexibility index (Phi) is 6.51. The lowest BCUT2D eigenvalue weighted by molar-refractivity contribution is -0.137. The minimum atomic E-state index is -4.83. The van der Waals surface area contributed by atoms with E-state index in [-0.39, 0.29) is 30.2 Å². The van der Waals surface area contributed by atoms with Gasteiger partial charge in [-0.2, -0.15) is 23.1 Å². The van der Waals surface area contributed by atoms with Gasteiger partial charge in [-0.25, -0.2) is 0 Å². The highest BCUT2D eigenvalue weighted by Gasteiger charge is 2.46. The van der Waals surface area contributed by atoms with E-state index in [4.69, 9.17) is 21.3 Å². The molecule has 5 aliphatic rings. The molecule has 2 aromatic rings. The summed E-state index contributed by atoms with van der Waals surface area (Å²) in [5, 5.41) is 13.0. The Bertz CT molecular complexity index is 1370. The maximum Gasteiger partial charge on any atom is 0.419 e. The van der Waals surface area contributed by atoms with E-state index in [1.165, 1.54) is 0 Å². The summed E-state index contributed by atoms with van der Waals surface area (Å²) in [4.78, 5) is 28.9. The lowest BCUT2D eigenvalue weighted by Crippen LogP contribution is -2.52. The molecular formula is C28H32ClF3N6O3. The van der Waals surface area contributed by atoms with Crippen molar-refractivity contribution in [2.75, 3.05) is 49.1 Å². The number of piperazine rings is 1. The first-order valence-electron chi connectivity index (χ1n) is 14.3. The number of aromatic hydroxyl groups is 1. The SMILES string of the molecule is O=C1c2nc(OCC34CCCN3CCC4)nc(N3C[C@H]4CC[C@@H](C3)N4)c2CCN1c1cc(O)cc(Cl)c1C(F)(F)F. The van der Waals surface area contributed by atoms with Crippen LogP contribution >= 0.6 is 11.6 Å². The van der Waals surface area contributed by atoms with E-state index >= 15 is 0 Å². The first-order valence-corrected chi connectivity index (χ1v) is 14.7. The van der Waals surface area contributed by atoms with Crippen LogP contribution in [0.3, 0.4) is 0 Å². The Morgan fingerprint density at radius 3 is 2.49 bits per heavy atom. The summed E-state index contributed by atoms with van der Waals surface area (Å²) in [6.07, 6.45) is 1.78. The van der Waals surface area contributed by atoms with Crippen LogP contribution < -0.4 is 19.9 Å². The van der Waals surface area contributed by atoms with Crippen molar-refractivity contribution in [1.29, 1.82) is 0 Å². The van der Waals surface area contributed by atoms with Crippen LogP contribution in [-0.4, -0.2) is 82.8 Å². The predicted molar refractivity (Wildman–Crippen MR) is 146 cm³/mol. The first-order chi connectivity index (χ1) is 19.6. The molecule has 0 saturated carbocycles. The molecule has 1 amide bonds. The third-order valence-corrected chi connectivity index (χ3v) is 9.72. The first kappa shape index (κ1) is 27.0. The fourth-order valence-corrected chi connectivity index (χ4v) is 7.89. The van der Waals surface area contributed by atoms with Gasteiger partial charge in [-0.15, -0.1) is 0 Å². The Balaban J connectivity index is 1.27. The predicted octanol–water partition coefficient (Wildman–Crippen LogP) is 4.01. The number of carbonyl (C=O) groups is 1. The highest BCUT2D eigenvalue weighted by molar-refractivity contribution is 6.32. The molecule has 1 aromatic carbocycles. The Hall–Kier alpha value is -2.83. The van der Waals surface area contributed by atoms with E-state index in [1.807, 2.05) is 0 Å². The minimum absolute atomic E-state index is 0.0296. The molecule has 7 rings (SSSR count). The number of alkyl halides is 3. The molecule has 1 aromatic heterocycles. The number of aromatic nitrogens is 2. The van der Waals surface area contributed by atoms with Gasteiger partial charge in [0, 0.05) is 43.3 Å². The number of rotatable bonds is 5. The van der Waals surface area contributed by atoms with E-state index in [0.29, 0.717) is 30.1 Å². The van der Waals surface area contributed by atoms with Gasteiger partial charge in [0.05, 0.1) is 21.8 Å². The van der Waals surface area contributed by atoms with Gasteiger partial charge in [0.15, 0.2) is 0 Å². The van der Waals surface area contributed by atoms with Gasteiger partial charge >= 0.3 is 12.2 Å². The molecule has 220 valence electrons. The van der Waals surface area contributed by atoms with Crippen LogP contribution in [0.5, 0.6) is 11.8 Å². The van der Waals surface area contributed by atoms with Gasteiger partial charge < -0.3 is 25.0 Å². The molecule has 9 nitrogen and oxygen atoms in total. The Morgan fingerprint density at radius 2 is 1.80 bits per heavy atom. The molecule has 4 fully saturated rings. The van der Waals surface area contributed by atoms with Crippen LogP contribution in [0.2, 0.25) is 5.02 Å². The van der Waals surface area contributed by atoms with Gasteiger partial charge in [0.1, 0.15) is 23.9 Å². The summed E-state index contributed by atoms with van der Waals surface area (Å²) in [7, 11) is 0. The van der Waals surface area contributed by atoms with Gasteiger partial charge in [-0.1, -0.05) is 11.6 Å². The third kappa shape index (κ3) is 4.67. The molecule has 41 heavy (non-hydrogen) atoms. The van der Waals surface area contributed by atoms with Crippen molar-refractivity contribution >= 4 is 29.0 Å². The molecule has 2 N–H and O–H groups in total. The number of phenolic OH excluding ortho intramolecular Hbond substituents is 1. The molecule has 2 atom stereocenters. The van der Waals surface area contributed by atoms with Gasteiger partial charge in [0.2, 0.25) is 0 Å². The lowest BCUT2D eigenvalue weighted by atomic mass is 9.95. The van der Waals surface area contributed by atoms with Crippen molar-refractivity contribution in [3.63, 3.8) is 0 Å². The molecule has 0 radical (unpaired) electrons. The Labute approximate surface area is 240 Å². The maximum absolute atomic E-state index is 14.1. The van der Waals surface area contributed by atoms with E-state index < -0.39 is 34.1 Å². The second-order valence-electron chi connectivity index (χ2n) is 11.9. The number of fused-ring (bicyclic) bond motifs is 4. The zero-order valence-electron chi connectivity index (χ0n) is 22.5. The lowest BCUT2D eigenvalue weighted by Gasteiger charge is -2.37. The number of benzene rings is 1. The molecule has 6 heterocycles. The summed E-state index contributed by atoms with van der Waals surface area (Å²) in [5.74, 6) is -0.544. The van der Waals surface area contributed by atoms with E-state index in [2.05, 4.69) is 20.1 Å². The van der Waals surface area contributed by atoms with Gasteiger partial charge in [-0.05, 0) is 64.1 Å². The molecule has 0 aliphatic carbocycles. The van der Waals surface area contributed by atoms with Crippen LogP contribution in [0.4, 0.5) is 24.7 Å². The highest BCUT2D eigenvalue weighted by Crippen LogP contribution is 2.45. The zero-order valence-corrected chi connectivity index (χ0v) is 23.3. The number of halogens is 4. The van der Waals surface area contributed by atoms with Crippen LogP contribution in [-0.2, 0) is 12.6 Å². The molecule has 0 spiro atoms. The highest BCUT2D eigenvalue weighted by atomic mass is 35.5. The second-order valence-corrected chi connectivity index (χ2v) is 12.3. The fraction of sp³-hybridized carbons (Fsp3) is 0.607. The molecule has 4 saturated heterocycles. The number of nitrogens with one attached hydrogen (secondary N) is 1. The van der Waals surface area contributed by atoms with E-state index in [1.54, 1.807) is 0 Å². The van der Waals surface area contributed by atoms with Crippen LogP contribution in [0.15, 0.2) is 12.1 Å². The van der Waals surface area contributed by atoms with Crippen molar-refractivity contribution in [1.82, 2.24) is 20.2 Å². The van der Waals surface area contributed by atoms with E-state index in [0.717, 1.165) is 81.7 Å². The average molecular weight is 593 g/mol. The smallest absolute Gasteiger partial charge is 0.419 e. The van der Waals surface area contributed by atoms with Crippen molar-refractivity contribution < 1.29 is 27.8 Å². The third-order valence-electron chi connectivity index (χ3n) is 9.42. The minimum Gasteiger partial charge on any atom is -0.508 e. The van der Waals surface area contributed by atoms with Gasteiger partial charge in [0.25, 0.3) is 5.91 Å². The topological polar surface area (TPSA) is 94.1 Å². The summed E-state index contributed by atoms with van der Waals surface area (Å²) in [6.45, 7) is 3.86. The zero-order chi connectivity index (χ0) is 28.5. The maximum atomic E-state index is 14.1. The van der Waals surface area contributed by atoms with Crippen molar-refractivity contribution in [3.8, 4) is 11.8 Å². The largest absolute Gasteiger partial charge is 0.508 e. The second kappa shape index (κ2) is 9.88. The molecule has 2 bridgehead atoms. The summed E-state index contributed by atoms with van der Waals surface area (Å²) in [5.41, 5.74) is -1.08. The quantitative estimate of drug-likeness (QED) is 0.538. The average Bonchev–Trinajstić information content (AvgIpc) is 3.59. The summed E-state index contributed by atoms with van der Waals surface area (Å²) < 4.78 is 48.4. The van der Waals surface area contributed by atoms with Crippen molar-refractivity contribution in [2.24, 2.45) is 0 Å². The van der Waals surface area contributed by atoms with Gasteiger partial charge in [-0.3, -0.25) is 9.69 Å². The molecule has 0 unspecified atom stereocenters. The molecular weight excluding hydrogens is 561 g/mol. The van der Waals surface area contributed by atoms with Crippen LogP contribution in [0.1, 0.15) is 60.1 Å². The fourth-order valence-electron chi connectivity index (χ4n) is 7.57.